The van der Waals surface area contributed by atoms with Crippen LogP contribution in [0.25, 0.3) is 0 Å². The summed E-state index contributed by atoms with van der Waals surface area (Å²) in [5, 5.41) is 7.91. The predicted molar refractivity (Wildman–Crippen MR) is 187 cm³/mol. The van der Waals surface area contributed by atoms with Crippen LogP contribution in [-0.2, 0) is 42.8 Å². The molecule has 0 saturated carbocycles. The second-order valence-corrected chi connectivity index (χ2v) is 15.1. The molecular formula is C40H48Cl2CuN4O8. The molecule has 2 atom stereocenters. The molecule has 4 aromatic carbocycles. The average Bonchev–Trinajstić information content (AvgIpc) is 3.08. The minimum Gasteiger partial charge on any atom is -0.309 e. The van der Waals surface area contributed by atoms with Gasteiger partial charge < -0.3 is 10.6 Å². The predicted octanol–water partition coefficient (Wildman–Crippen LogP) is -2.18. The van der Waals surface area contributed by atoms with Crippen molar-refractivity contribution in [3.8, 4) is 0 Å². The maximum absolute atomic E-state index is 8.49. The molecule has 2 N–H and O–H groups in total. The SMILES string of the molecule is C[C@@]1(Cc2ccccc2)CC(Cc2ccccc2)=NCCN[C@@](C)(Cc2ccccc2)CC(Cc2ccccc2)=NCCN1.[Cu+2].[O-][Cl+3]([O-])([O-])[O-].[O-][Cl+3]([O-])([O-])[O-]. The normalized spacial score (nSPS) is 19.7. The second kappa shape index (κ2) is 23.9. The smallest absolute Gasteiger partial charge is 0.309 e. The van der Waals surface area contributed by atoms with Crippen LogP contribution in [0, 0.1) is 20.5 Å². The molecule has 1 heterocycles. The van der Waals surface area contributed by atoms with Gasteiger partial charge in [0.1, 0.15) is 0 Å². The van der Waals surface area contributed by atoms with E-state index in [4.69, 9.17) is 47.3 Å². The summed E-state index contributed by atoms with van der Waals surface area (Å²) < 4.78 is 67.9. The first kappa shape index (κ1) is 48.1. The third-order valence-corrected chi connectivity index (χ3v) is 8.56. The van der Waals surface area contributed by atoms with Gasteiger partial charge in [-0.15, -0.1) is 20.5 Å². The van der Waals surface area contributed by atoms with Gasteiger partial charge in [0.2, 0.25) is 0 Å². The summed E-state index contributed by atoms with van der Waals surface area (Å²) in [4.78, 5) is 10.6. The van der Waals surface area contributed by atoms with Gasteiger partial charge in [0.15, 0.2) is 0 Å². The maximum atomic E-state index is 8.49. The van der Waals surface area contributed by atoms with Gasteiger partial charge in [-0.1, -0.05) is 121 Å². The molecule has 4 aromatic rings. The molecule has 0 spiro atoms. The topological polar surface area (TPSA) is 233 Å². The van der Waals surface area contributed by atoms with Crippen molar-refractivity contribution in [3.63, 3.8) is 0 Å². The van der Waals surface area contributed by atoms with Gasteiger partial charge in [-0.05, 0) is 48.9 Å². The molecule has 12 nitrogen and oxygen atoms in total. The summed E-state index contributed by atoms with van der Waals surface area (Å²) in [6, 6.07) is 43.2. The first-order chi connectivity index (χ1) is 25.5. The monoisotopic (exact) mass is 845 g/mol. The second-order valence-electron chi connectivity index (χ2n) is 13.6. The minimum atomic E-state index is -4.94. The molecule has 0 saturated heterocycles. The van der Waals surface area contributed by atoms with Crippen LogP contribution >= 0.6 is 0 Å². The number of benzene rings is 4. The molecule has 5 rings (SSSR count). The van der Waals surface area contributed by atoms with E-state index in [1.54, 1.807) is 0 Å². The summed E-state index contributed by atoms with van der Waals surface area (Å²) in [6.07, 6.45) is 5.39. The number of rotatable bonds is 8. The molecule has 1 radical (unpaired) electrons. The van der Waals surface area contributed by atoms with Crippen LogP contribution in [0.3, 0.4) is 0 Å². The Kier molecular flexibility index (Phi) is 20.9. The van der Waals surface area contributed by atoms with Crippen molar-refractivity contribution in [1.82, 2.24) is 10.6 Å². The van der Waals surface area contributed by atoms with Crippen LogP contribution in [0.2, 0.25) is 0 Å². The van der Waals surface area contributed by atoms with E-state index in [0.29, 0.717) is 0 Å². The fourth-order valence-corrected chi connectivity index (χ4v) is 6.52. The van der Waals surface area contributed by atoms with Crippen LogP contribution in [0.1, 0.15) is 48.9 Å². The van der Waals surface area contributed by atoms with Gasteiger partial charge in [0.05, 0.1) is 13.1 Å². The van der Waals surface area contributed by atoms with E-state index in [1.807, 2.05) is 0 Å². The Bertz CT molecular complexity index is 1560. The van der Waals surface area contributed by atoms with Crippen LogP contribution in [-0.4, -0.2) is 48.7 Å². The zero-order valence-electron chi connectivity index (χ0n) is 30.8. The Morgan fingerprint density at radius 3 is 1.00 bits per heavy atom. The van der Waals surface area contributed by atoms with Crippen molar-refractivity contribution >= 4 is 11.4 Å². The van der Waals surface area contributed by atoms with E-state index in [0.717, 1.165) is 64.7 Å². The van der Waals surface area contributed by atoms with Gasteiger partial charge in [0, 0.05) is 61.3 Å². The zero-order chi connectivity index (χ0) is 39.5. The maximum Gasteiger partial charge on any atom is 2.00 e. The number of nitrogens with zero attached hydrogens (tertiary/aromatic N) is 2. The minimum absolute atomic E-state index is 0. The van der Waals surface area contributed by atoms with E-state index >= 15 is 0 Å². The average molecular weight is 847 g/mol. The molecule has 0 fully saturated rings. The molecule has 301 valence electrons. The summed E-state index contributed by atoms with van der Waals surface area (Å²) >= 11 is 0. The van der Waals surface area contributed by atoms with Crippen molar-refractivity contribution in [3.05, 3.63) is 144 Å². The van der Waals surface area contributed by atoms with E-state index < -0.39 is 20.5 Å². The van der Waals surface area contributed by atoms with Crippen molar-refractivity contribution in [2.24, 2.45) is 9.98 Å². The molecular weight excluding hydrogens is 799 g/mol. The molecule has 15 heteroatoms. The third-order valence-electron chi connectivity index (χ3n) is 8.56. The van der Waals surface area contributed by atoms with E-state index in [2.05, 4.69) is 146 Å². The molecule has 0 aliphatic carbocycles. The van der Waals surface area contributed by atoms with Gasteiger partial charge in [-0.3, -0.25) is 9.98 Å². The van der Waals surface area contributed by atoms with Gasteiger partial charge in [0.25, 0.3) is 0 Å². The standard InChI is InChI=1S/C40H48N4.2ClHO4.Cu/c1-39(29-35-19-11-5-12-20-35)31-37(27-33-15-7-3-8-16-33)41-24-26-44-40(2,30-36-21-13-6-14-22-36)32-38(42-23-25-43-39)28-34-17-9-4-10-18-34;2*2-1(3,4)5;/h3-22,43-44H,23-32H2,1-2H3;2*(H,2,3,4,5);/q;;;+2/p-2/t39-,40+;;;. The summed E-state index contributed by atoms with van der Waals surface area (Å²) in [5.41, 5.74) is 7.53. The van der Waals surface area contributed by atoms with Crippen molar-refractivity contribution in [2.45, 2.75) is 63.5 Å². The number of hydrogen-bond donors (Lipinski definition) is 2. The summed E-state index contributed by atoms with van der Waals surface area (Å²) in [7, 11) is -9.89. The fraction of sp³-hybridized carbons (Fsp3) is 0.350. The first-order valence-electron chi connectivity index (χ1n) is 17.4. The number of nitrogens with one attached hydrogen (secondary N) is 2. The zero-order valence-corrected chi connectivity index (χ0v) is 33.3. The molecule has 55 heavy (non-hydrogen) atoms. The Hall–Kier alpha value is -3.08. The van der Waals surface area contributed by atoms with Gasteiger partial charge in [-0.25, -0.2) is 37.3 Å². The Labute approximate surface area is 338 Å². The molecule has 0 bridgehead atoms. The first-order valence-corrected chi connectivity index (χ1v) is 19.9. The third kappa shape index (κ3) is 22.9. The van der Waals surface area contributed by atoms with Crippen molar-refractivity contribution in [2.75, 3.05) is 26.2 Å². The Morgan fingerprint density at radius 1 is 0.473 bits per heavy atom. The molecule has 1 aliphatic rings. The van der Waals surface area contributed by atoms with Crippen molar-refractivity contribution in [1.29, 1.82) is 0 Å². The molecule has 1 aliphatic heterocycles. The largest absolute Gasteiger partial charge is 2.00 e. The summed E-state index contributed by atoms with van der Waals surface area (Å²) in [5.74, 6) is 0. The molecule has 0 unspecified atom stereocenters. The number of halogens is 2. The van der Waals surface area contributed by atoms with Crippen molar-refractivity contribution < 1.29 is 74.8 Å². The molecule has 0 amide bonds. The fourth-order valence-electron chi connectivity index (χ4n) is 6.52. The quantitative estimate of drug-likeness (QED) is 0.182. The Balaban J connectivity index is 0.000000844. The van der Waals surface area contributed by atoms with E-state index in [-0.39, 0.29) is 28.1 Å². The molecule has 0 aromatic heterocycles. The van der Waals surface area contributed by atoms with Gasteiger partial charge in [-0.2, -0.15) is 0 Å². The van der Waals surface area contributed by atoms with Gasteiger partial charge >= 0.3 is 17.1 Å². The Morgan fingerprint density at radius 2 is 0.727 bits per heavy atom. The van der Waals surface area contributed by atoms with E-state index in [9.17, 15) is 0 Å². The number of aliphatic imine (C=N–C) groups is 2. The van der Waals surface area contributed by atoms with Crippen LogP contribution in [0.4, 0.5) is 0 Å². The van der Waals surface area contributed by atoms with Crippen LogP contribution in [0.15, 0.2) is 131 Å². The summed E-state index contributed by atoms with van der Waals surface area (Å²) in [6.45, 7) is 7.86. The van der Waals surface area contributed by atoms with Crippen LogP contribution in [0.5, 0.6) is 0 Å². The van der Waals surface area contributed by atoms with E-state index in [1.165, 1.54) is 33.7 Å². The number of hydrogen-bond acceptors (Lipinski definition) is 12. The van der Waals surface area contributed by atoms with Crippen LogP contribution < -0.4 is 47.9 Å².